The van der Waals surface area contributed by atoms with Crippen molar-refractivity contribution in [3.05, 3.63) is 0 Å². The third-order valence-electron chi connectivity index (χ3n) is 3.60. The van der Waals surface area contributed by atoms with Gasteiger partial charge in [0.15, 0.2) is 0 Å². The third-order valence-corrected chi connectivity index (χ3v) is 3.60. The molecule has 1 aliphatic heterocycles. The molecule has 18 heavy (non-hydrogen) atoms. The Morgan fingerprint density at radius 3 is 1.83 bits per heavy atom. The Morgan fingerprint density at radius 1 is 0.833 bits per heavy atom. The van der Waals surface area contributed by atoms with Gasteiger partial charge < -0.3 is 9.47 Å². The van der Waals surface area contributed by atoms with E-state index in [1.54, 1.807) is 0 Å². The van der Waals surface area contributed by atoms with E-state index in [0.717, 1.165) is 19.8 Å². The summed E-state index contributed by atoms with van der Waals surface area (Å²) in [5.74, 6) is 0. The molecule has 1 unspecified atom stereocenters. The van der Waals surface area contributed by atoms with Crippen molar-refractivity contribution in [3.8, 4) is 0 Å². The number of epoxide rings is 1. The highest BCUT2D eigenvalue weighted by molar-refractivity contribution is 4.66. The lowest BCUT2D eigenvalue weighted by molar-refractivity contribution is 0.113. The zero-order chi connectivity index (χ0) is 12.9. The summed E-state index contributed by atoms with van der Waals surface area (Å²) >= 11 is 0. The smallest absolute Gasteiger partial charge is 0.104 e. The van der Waals surface area contributed by atoms with Crippen molar-refractivity contribution < 1.29 is 9.47 Å². The molecule has 0 spiro atoms. The molecular weight excluding hydrogens is 224 g/mol. The van der Waals surface area contributed by atoms with Gasteiger partial charge in [-0.25, -0.2) is 0 Å². The molecule has 0 aromatic carbocycles. The molecule has 0 N–H and O–H groups in total. The Bertz CT molecular complexity index is 166. The third kappa shape index (κ3) is 11.0. The van der Waals surface area contributed by atoms with Crippen molar-refractivity contribution in [1.82, 2.24) is 0 Å². The maximum absolute atomic E-state index is 5.52. The molecule has 1 rings (SSSR count). The maximum atomic E-state index is 5.52. The van der Waals surface area contributed by atoms with Crippen LogP contribution in [-0.2, 0) is 9.47 Å². The Kier molecular flexibility index (Phi) is 10.6. The van der Waals surface area contributed by atoms with Crippen molar-refractivity contribution in [2.45, 2.75) is 83.7 Å². The van der Waals surface area contributed by atoms with Gasteiger partial charge in [-0.15, -0.1) is 0 Å². The lowest BCUT2D eigenvalue weighted by Gasteiger charge is -2.03. The van der Waals surface area contributed by atoms with E-state index < -0.39 is 0 Å². The van der Waals surface area contributed by atoms with E-state index >= 15 is 0 Å². The summed E-state index contributed by atoms with van der Waals surface area (Å²) in [7, 11) is 0. The molecule has 0 aromatic rings. The van der Waals surface area contributed by atoms with E-state index in [1.165, 1.54) is 70.6 Å². The second-order valence-corrected chi connectivity index (χ2v) is 5.57. The summed E-state index contributed by atoms with van der Waals surface area (Å²) < 4.78 is 10.6. The number of ether oxygens (including phenoxy) is 2. The molecule has 0 amide bonds. The summed E-state index contributed by atoms with van der Waals surface area (Å²) in [4.78, 5) is 0. The van der Waals surface area contributed by atoms with Crippen molar-refractivity contribution in [1.29, 1.82) is 0 Å². The number of hydrogen-bond donors (Lipinski definition) is 0. The number of rotatable bonds is 14. The highest BCUT2D eigenvalue weighted by atomic mass is 16.6. The van der Waals surface area contributed by atoms with Gasteiger partial charge in [-0.05, 0) is 6.42 Å². The average molecular weight is 256 g/mol. The van der Waals surface area contributed by atoms with Crippen LogP contribution in [0.5, 0.6) is 0 Å². The Morgan fingerprint density at radius 2 is 1.33 bits per heavy atom. The van der Waals surface area contributed by atoms with Crippen molar-refractivity contribution in [2.75, 3.05) is 19.8 Å². The zero-order valence-corrected chi connectivity index (χ0v) is 12.3. The fraction of sp³-hybridized carbons (Fsp3) is 1.00. The molecule has 0 bridgehead atoms. The van der Waals surface area contributed by atoms with E-state index in [4.69, 9.17) is 9.47 Å². The average Bonchev–Trinajstić information content (AvgIpc) is 3.19. The molecule has 2 heteroatoms. The van der Waals surface area contributed by atoms with Crippen LogP contribution in [0.3, 0.4) is 0 Å². The molecule has 0 aliphatic carbocycles. The van der Waals surface area contributed by atoms with Gasteiger partial charge in [0, 0.05) is 6.61 Å². The first-order chi connectivity index (χ1) is 8.93. The second kappa shape index (κ2) is 12.0. The van der Waals surface area contributed by atoms with Crippen LogP contribution in [0, 0.1) is 0 Å². The molecule has 1 fully saturated rings. The second-order valence-electron chi connectivity index (χ2n) is 5.57. The summed E-state index contributed by atoms with van der Waals surface area (Å²) in [6.45, 7) is 4.94. The number of unbranched alkanes of at least 4 members (excludes halogenated alkanes) is 10. The SMILES string of the molecule is CCCCCCCCCCCCCOCC1CO1. The maximum Gasteiger partial charge on any atom is 0.104 e. The quantitative estimate of drug-likeness (QED) is 0.331. The minimum atomic E-state index is 0.428. The standard InChI is InChI=1S/C16H32O2/c1-2-3-4-5-6-7-8-9-10-11-12-13-17-14-16-15-18-16/h16H,2-15H2,1H3. The van der Waals surface area contributed by atoms with Gasteiger partial charge in [-0.1, -0.05) is 71.1 Å². The fourth-order valence-corrected chi connectivity index (χ4v) is 2.25. The lowest BCUT2D eigenvalue weighted by atomic mass is 10.1. The van der Waals surface area contributed by atoms with Crippen LogP contribution < -0.4 is 0 Å². The summed E-state index contributed by atoms with van der Waals surface area (Å²) in [5, 5.41) is 0. The lowest BCUT2D eigenvalue weighted by Crippen LogP contribution is -2.02. The normalized spacial score (nSPS) is 18.2. The first-order valence-corrected chi connectivity index (χ1v) is 8.13. The summed E-state index contributed by atoms with van der Waals surface area (Å²) in [6, 6.07) is 0. The summed E-state index contributed by atoms with van der Waals surface area (Å²) in [6.07, 6.45) is 15.8. The molecule has 108 valence electrons. The van der Waals surface area contributed by atoms with E-state index in [0.29, 0.717) is 6.10 Å². The monoisotopic (exact) mass is 256 g/mol. The van der Waals surface area contributed by atoms with Crippen LogP contribution in [0.15, 0.2) is 0 Å². The van der Waals surface area contributed by atoms with Gasteiger partial charge in [0.05, 0.1) is 13.2 Å². The van der Waals surface area contributed by atoms with Crippen LogP contribution in [0.2, 0.25) is 0 Å². The summed E-state index contributed by atoms with van der Waals surface area (Å²) in [5.41, 5.74) is 0. The highest BCUT2D eigenvalue weighted by Gasteiger charge is 2.21. The Hall–Kier alpha value is -0.0800. The molecule has 0 saturated carbocycles. The van der Waals surface area contributed by atoms with Gasteiger partial charge in [-0.3, -0.25) is 0 Å². The predicted octanol–water partition coefficient (Wildman–Crippen LogP) is 4.71. The van der Waals surface area contributed by atoms with Crippen LogP contribution >= 0.6 is 0 Å². The highest BCUT2D eigenvalue weighted by Crippen LogP contribution is 2.12. The minimum absolute atomic E-state index is 0.428. The molecule has 0 aromatic heterocycles. The van der Waals surface area contributed by atoms with E-state index in [9.17, 15) is 0 Å². The molecule has 1 atom stereocenters. The molecule has 1 heterocycles. The molecule has 0 radical (unpaired) electrons. The molecule has 1 saturated heterocycles. The first-order valence-electron chi connectivity index (χ1n) is 8.13. The molecule has 1 aliphatic rings. The van der Waals surface area contributed by atoms with E-state index in [2.05, 4.69) is 6.92 Å². The van der Waals surface area contributed by atoms with Crippen molar-refractivity contribution in [2.24, 2.45) is 0 Å². The van der Waals surface area contributed by atoms with E-state index in [1.807, 2.05) is 0 Å². The van der Waals surface area contributed by atoms with Crippen molar-refractivity contribution in [3.63, 3.8) is 0 Å². The van der Waals surface area contributed by atoms with Gasteiger partial charge >= 0.3 is 0 Å². The minimum Gasteiger partial charge on any atom is -0.379 e. The zero-order valence-electron chi connectivity index (χ0n) is 12.3. The van der Waals surface area contributed by atoms with Crippen LogP contribution in [0.1, 0.15) is 77.6 Å². The van der Waals surface area contributed by atoms with Crippen LogP contribution in [0.25, 0.3) is 0 Å². The van der Waals surface area contributed by atoms with Crippen molar-refractivity contribution >= 4 is 0 Å². The first kappa shape index (κ1) is 16.0. The number of hydrogen-bond acceptors (Lipinski definition) is 2. The van der Waals surface area contributed by atoms with E-state index in [-0.39, 0.29) is 0 Å². The Labute approximate surface area is 113 Å². The topological polar surface area (TPSA) is 21.8 Å². The predicted molar refractivity (Wildman–Crippen MR) is 77.0 cm³/mol. The van der Waals surface area contributed by atoms with Crippen LogP contribution in [-0.4, -0.2) is 25.9 Å². The fourth-order valence-electron chi connectivity index (χ4n) is 2.25. The largest absolute Gasteiger partial charge is 0.379 e. The van der Waals surface area contributed by atoms with Gasteiger partial charge in [0.1, 0.15) is 6.10 Å². The Balaban J connectivity index is 1.60. The van der Waals surface area contributed by atoms with Gasteiger partial charge in [-0.2, -0.15) is 0 Å². The van der Waals surface area contributed by atoms with Crippen LogP contribution in [0.4, 0.5) is 0 Å². The molecular formula is C16H32O2. The van der Waals surface area contributed by atoms with Gasteiger partial charge in [0.25, 0.3) is 0 Å². The van der Waals surface area contributed by atoms with Gasteiger partial charge in [0.2, 0.25) is 0 Å². The molecule has 2 nitrogen and oxygen atoms in total.